The van der Waals surface area contributed by atoms with Gasteiger partial charge in [0.1, 0.15) is 11.6 Å². The molecule has 0 radical (unpaired) electrons. The van der Waals surface area contributed by atoms with E-state index < -0.39 is 38.6 Å². The van der Waals surface area contributed by atoms with Crippen LogP contribution in [0.15, 0.2) is 42.5 Å². The Labute approximate surface area is 188 Å². The van der Waals surface area contributed by atoms with Gasteiger partial charge in [0.25, 0.3) is 0 Å². The van der Waals surface area contributed by atoms with Gasteiger partial charge in [-0.05, 0) is 54.0 Å². The van der Waals surface area contributed by atoms with Crippen molar-refractivity contribution in [2.75, 3.05) is 0 Å². The molecule has 0 N–H and O–H groups in total. The lowest BCUT2D eigenvalue weighted by Crippen LogP contribution is -2.44. The first-order valence-corrected chi connectivity index (χ1v) is 11.8. The van der Waals surface area contributed by atoms with E-state index in [9.17, 15) is 30.4 Å². The van der Waals surface area contributed by atoms with Crippen molar-refractivity contribution < 1.29 is 34.6 Å². The third kappa shape index (κ3) is 2.07. The molecule has 0 bridgehead atoms. The van der Waals surface area contributed by atoms with E-state index in [-0.39, 0.29) is 22.6 Å². The molecule has 3 aromatic rings. The molecule has 0 aliphatic heterocycles. The molecule has 3 fully saturated rings. The van der Waals surface area contributed by atoms with Crippen LogP contribution in [0.2, 0.25) is 0 Å². The van der Waals surface area contributed by atoms with E-state index in [1.165, 1.54) is 12.1 Å². The smallest absolute Gasteiger partial charge is 0.355 e. The van der Waals surface area contributed by atoms with Gasteiger partial charge in [0.15, 0.2) is 0 Å². The molecule has 2 aromatic heterocycles. The molecule has 2 heterocycles. The van der Waals surface area contributed by atoms with Crippen molar-refractivity contribution in [1.29, 1.82) is 0 Å². The van der Waals surface area contributed by atoms with Crippen LogP contribution in [0.1, 0.15) is 29.3 Å². The first-order chi connectivity index (χ1) is 16.0. The molecule has 4 aliphatic rings. The van der Waals surface area contributed by atoms with Crippen molar-refractivity contribution >= 4 is 10.1 Å². The SMILES string of the molecule is O=S(=O)(Oc1cccc([C@@]23CC4C5[C@@H](c6cc(-c7c(F)cccc7F)nnc62)C453)n1)C(F)(F)F. The topological polar surface area (TPSA) is 82.0 Å². The maximum absolute atomic E-state index is 14.3. The molecule has 0 saturated heterocycles. The molecule has 4 aliphatic carbocycles. The maximum Gasteiger partial charge on any atom is 0.534 e. The fraction of sp³-hybridized carbons (Fsp3) is 0.318. The Morgan fingerprint density at radius 1 is 1.03 bits per heavy atom. The molecule has 5 atom stereocenters. The number of benzene rings is 1. The van der Waals surface area contributed by atoms with Gasteiger partial charge < -0.3 is 4.18 Å². The van der Waals surface area contributed by atoms with E-state index in [1.807, 2.05) is 0 Å². The Morgan fingerprint density at radius 2 is 1.74 bits per heavy atom. The molecule has 12 heteroatoms. The average Bonchev–Trinajstić information content (AvgIpc) is 3.59. The normalized spacial score (nSPS) is 31.7. The number of alkyl halides is 3. The minimum Gasteiger partial charge on any atom is -0.355 e. The van der Waals surface area contributed by atoms with Crippen molar-refractivity contribution in [1.82, 2.24) is 15.2 Å². The average molecular weight is 493 g/mol. The van der Waals surface area contributed by atoms with E-state index in [2.05, 4.69) is 19.4 Å². The molecule has 6 nitrogen and oxygen atoms in total. The molecular formula is C22H12F5N3O3S. The fourth-order valence-electron chi connectivity index (χ4n) is 6.73. The van der Waals surface area contributed by atoms with E-state index >= 15 is 0 Å². The van der Waals surface area contributed by atoms with Gasteiger partial charge in [-0.25, -0.2) is 13.8 Å². The Kier molecular flexibility index (Phi) is 3.41. The predicted octanol–water partition coefficient (Wildman–Crippen LogP) is 4.08. The van der Waals surface area contributed by atoms with Crippen LogP contribution in [-0.2, 0) is 15.5 Å². The number of aromatic nitrogens is 3. The van der Waals surface area contributed by atoms with Crippen molar-refractivity contribution in [2.45, 2.75) is 23.3 Å². The summed E-state index contributed by atoms with van der Waals surface area (Å²) in [5, 5.41) is 8.39. The summed E-state index contributed by atoms with van der Waals surface area (Å²) in [4.78, 5) is 4.13. The third-order valence-corrected chi connectivity index (χ3v) is 8.90. The van der Waals surface area contributed by atoms with Crippen molar-refractivity contribution in [2.24, 2.45) is 17.3 Å². The summed E-state index contributed by atoms with van der Waals surface area (Å²) in [6.45, 7) is 0. The van der Waals surface area contributed by atoms with Gasteiger partial charge in [-0.15, -0.1) is 5.10 Å². The van der Waals surface area contributed by atoms with E-state index in [0.29, 0.717) is 29.6 Å². The monoisotopic (exact) mass is 493 g/mol. The second-order valence-corrected chi connectivity index (χ2v) is 10.7. The van der Waals surface area contributed by atoms with Crippen LogP contribution in [0.3, 0.4) is 0 Å². The van der Waals surface area contributed by atoms with Crippen LogP contribution in [-0.4, -0.2) is 29.1 Å². The Hall–Kier alpha value is -3.15. The van der Waals surface area contributed by atoms with E-state index in [0.717, 1.165) is 23.8 Å². The van der Waals surface area contributed by atoms with E-state index in [1.54, 1.807) is 12.1 Å². The van der Waals surface area contributed by atoms with Crippen LogP contribution in [0.25, 0.3) is 11.3 Å². The number of hydrogen-bond acceptors (Lipinski definition) is 6. The van der Waals surface area contributed by atoms with Gasteiger partial charge in [-0.1, -0.05) is 12.1 Å². The van der Waals surface area contributed by atoms with Gasteiger partial charge in [0.2, 0.25) is 5.88 Å². The van der Waals surface area contributed by atoms with Crippen LogP contribution in [0.4, 0.5) is 22.0 Å². The van der Waals surface area contributed by atoms with E-state index in [4.69, 9.17) is 0 Å². The van der Waals surface area contributed by atoms with Crippen molar-refractivity contribution in [3.63, 3.8) is 0 Å². The largest absolute Gasteiger partial charge is 0.534 e. The minimum absolute atomic E-state index is 0.0614. The van der Waals surface area contributed by atoms with Crippen molar-refractivity contribution in [3.8, 4) is 17.1 Å². The predicted molar refractivity (Wildman–Crippen MR) is 105 cm³/mol. The molecule has 3 unspecified atom stereocenters. The summed E-state index contributed by atoms with van der Waals surface area (Å²) in [6, 6.07) is 9.16. The summed E-state index contributed by atoms with van der Waals surface area (Å²) in [5.41, 5.74) is -5.05. The Balaban J connectivity index is 1.32. The van der Waals surface area contributed by atoms with Gasteiger partial charge in [0, 0.05) is 11.5 Å². The lowest BCUT2D eigenvalue weighted by Gasteiger charge is -2.43. The standard InChI is InChI=1S/C22H12F5N3O3S/c23-11-3-1-4-12(24)16(11)13-7-9-17-18-10-8-20(21(10,17)18,19(9)30-29-13)14-5-2-6-15(28-14)33-34(31,32)22(25,26)27/h1-7,10,17-18H,8H2/t10?,17-,18?,20+,21?/m1/s1. The summed E-state index contributed by atoms with van der Waals surface area (Å²) in [6.07, 6.45) is 0.631. The zero-order valence-electron chi connectivity index (χ0n) is 16.8. The van der Waals surface area contributed by atoms with Crippen LogP contribution >= 0.6 is 0 Å². The number of nitrogens with zero attached hydrogens (tertiary/aromatic N) is 3. The molecule has 174 valence electrons. The Morgan fingerprint density at radius 3 is 2.41 bits per heavy atom. The quantitative estimate of drug-likeness (QED) is 0.310. The maximum atomic E-state index is 14.3. The number of fused-ring (bicyclic) bond motifs is 5. The highest BCUT2D eigenvalue weighted by molar-refractivity contribution is 7.87. The molecule has 3 saturated carbocycles. The summed E-state index contributed by atoms with van der Waals surface area (Å²) >= 11 is 0. The third-order valence-electron chi connectivity index (χ3n) is 7.94. The highest BCUT2D eigenvalue weighted by atomic mass is 32.2. The number of rotatable bonds is 4. The lowest BCUT2D eigenvalue weighted by molar-refractivity contribution is -0.0501. The summed E-state index contributed by atoms with van der Waals surface area (Å²) < 4.78 is 94.0. The number of pyridine rings is 1. The summed E-state index contributed by atoms with van der Waals surface area (Å²) in [7, 11) is -5.87. The van der Waals surface area contributed by atoms with Crippen molar-refractivity contribution in [3.05, 3.63) is 71.1 Å². The zero-order chi connectivity index (χ0) is 23.8. The summed E-state index contributed by atoms with van der Waals surface area (Å²) in [5.74, 6) is -1.41. The molecule has 1 aromatic carbocycles. The molecular weight excluding hydrogens is 481 g/mol. The van der Waals surface area contributed by atoms with Crippen LogP contribution in [0, 0.1) is 28.9 Å². The molecule has 7 rings (SSSR count). The van der Waals surface area contributed by atoms with Gasteiger partial charge in [0.05, 0.1) is 28.1 Å². The van der Waals surface area contributed by atoms with Gasteiger partial charge in [-0.2, -0.15) is 26.7 Å². The zero-order valence-corrected chi connectivity index (χ0v) is 17.7. The first kappa shape index (κ1) is 20.2. The fourth-order valence-corrected chi connectivity index (χ4v) is 7.14. The second-order valence-electron chi connectivity index (χ2n) is 9.13. The van der Waals surface area contributed by atoms with Crippen LogP contribution in [0.5, 0.6) is 5.88 Å². The molecule has 34 heavy (non-hydrogen) atoms. The molecule has 0 amide bonds. The lowest BCUT2D eigenvalue weighted by atomic mass is 9.59. The number of hydrogen-bond donors (Lipinski definition) is 0. The highest BCUT2D eigenvalue weighted by Crippen LogP contribution is 3.05. The minimum atomic E-state index is -5.87. The Bertz CT molecular complexity index is 1520. The van der Waals surface area contributed by atoms with Crippen LogP contribution < -0.4 is 4.18 Å². The first-order valence-electron chi connectivity index (χ1n) is 10.3. The van der Waals surface area contributed by atoms with Gasteiger partial charge >= 0.3 is 15.6 Å². The highest BCUT2D eigenvalue weighted by Gasteiger charge is 3.03. The second kappa shape index (κ2) is 5.73. The van der Waals surface area contributed by atoms with Gasteiger partial charge in [-0.3, -0.25) is 0 Å². The number of halogens is 5. The molecule has 1 spiro atoms.